The number of carbonyl (C=O) groups excluding carboxylic acids is 1. The molecule has 196 valence electrons. The van der Waals surface area contributed by atoms with Crippen molar-refractivity contribution in [2.24, 2.45) is 23.7 Å². The Bertz CT molecular complexity index is 664. The molecule has 1 fully saturated rings. The SMILES string of the molecule is CCC(C)C1CC(C(O)(C(F)(F)F)C(F)(F)F)CC(C(OC(C)=O)(C(F)(F)F)C(F)(F)F)C1. The van der Waals surface area contributed by atoms with Crippen molar-refractivity contribution in [1.82, 2.24) is 0 Å². The number of hydrogen-bond acceptors (Lipinski definition) is 3. The number of rotatable bonds is 5. The molecule has 1 N–H and O–H groups in total. The summed E-state index contributed by atoms with van der Waals surface area (Å²) in [5.74, 6) is -10.7. The van der Waals surface area contributed by atoms with Crippen LogP contribution < -0.4 is 0 Å². The predicted octanol–water partition coefficient (Wildman–Crippen LogP) is 6.35. The van der Waals surface area contributed by atoms with Gasteiger partial charge in [0.05, 0.1) is 0 Å². The first-order chi connectivity index (χ1) is 14.5. The van der Waals surface area contributed by atoms with Crippen molar-refractivity contribution in [3.8, 4) is 0 Å². The number of alkyl halides is 12. The molecule has 15 heteroatoms. The second-order valence-electron chi connectivity index (χ2n) is 8.33. The molecule has 0 aromatic heterocycles. The summed E-state index contributed by atoms with van der Waals surface area (Å²) in [5.41, 5.74) is -10.9. The Morgan fingerprint density at radius 3 is 1.52 bits per heavy atom. The lowest BCUT2D eigenvalue weighted by atomic mass is 9.61. The van der Waals surface area contributed by atoms with E-state index in [1.165, 1.54) is 13.8 Å². The Morgan fingerprint density at radius 2 is 1.21 bits per heavy atom. The summed E-state index contributed by atoms with van der Waals surface area (Å²) in [5, 5.41) is 9.73. The van der Waals surface area contributed by atoms with Crippen molar-refractivity contribution in [1.29, 1.82) is 0 Å². The molecular formula is C18H22F12O3. The Morgan fingerprint density at radius 1 is 0.818 bits per heavy atom. The summed E-state index contributed by atoms with van der Waals surface area (Å²) < 4.78 is 167. The van der Waals surface area contributed by atoms with E-state index in [9.17, 15) is 62.6 Å². The average molecular weight is 514 g/mol. The highest BCUT2D eigenvalue weighted by Gasteiger charge is 2.80. The summed E-state index contributed by atoms with van der Waals surface area (Å²) in [4.78, 5) is 11.2. The van der Waals surface area contributed by atoms with Gasteiger partial charge in [0.2, 0.25) is 0 Å². The molecule has 1 rings (SSSR count). The first-order valence-corrected chi connectivity index (χ1v) is 9.66. The number of aliphatic hydroxyl groups is 1. The van der Waals surface area contributed by atoms with E-state index < -0.39 is 84.8 Å². The summed E-state index contributed by atoms with van der Waals surface area (Å²) >= 11 is 0. The summed E-state index contributed by atoms with van der Waals surface area (Å²) in [6.45, 7) is 2.81. The fourth-order valence-corrected chi connectivity index (χ4v) is 4.51. The minimum Gasteiger partial charge on any atom is -0.439 e. The monoisotopic (exact) mass is 514 g/mol. The van der Waals surface area contributed by atoms with Gasteiger partial charge in [0.1, 0.15) is 0 Å². The van der Waals surface area contributed by atoms with E-state index in [2.05, 4.69) is 4.74 Å². The number of esters is 1. The van der Waals surface area contributed by atoms with Crippen molar-refractivity contribution in [2.75, 3.05) is 0 Å². The summed E-state index contributed by atoms with van der Waals surface area (Å²) in [6, 6.07) is 0. The van der Waals surface area contributed by atoms with Crippen molar-refractivity contribution < 1.29 is 67.3 Å². The van der Waals surface area contributed by atoms with Gasteiger partial charge in [-0.3, -0.25) is 4.79 Å². The third-order valence-electron chi connectivity index (χ3n) is 6.37. The van der Waals surface area contributed by atoms with Crippen LogP contribution in [0.3, 0.4) is 0 Å². The normalized spacial score (nSPS) is 25.0. The quantitative estimate of drug-likeness (QED) is 0.344. The molecule has 1 saturated carbocycles. The lowest BCUT2D eigenvalue weighted by Crippen LogP contribution is -2.68. The molecule has 0 aromatic rings. The molecule has 0 spiro atoms. The highest BCUT2D eigenvalue weighted by molar-refractivity contribution is 5.67. The van der Waals surface area contributed by atoms with Gasteiger partial charge in [-0.25, -0.2) is 0 Å². The largest absolute Gasteiger partial charge is 0.439 e. The van der Waals surface area contributed by atoms with Crippen LogP contribution in [0, 0.1) is 23.7 Å². The third-order valence-corrected chi connectivity index (χ3v) is 6.37. The molecule has 0 heterocycles. The van der Waals surface area contributed by atoms with Crippen LogP contribution >= 0.6 is 0 Å². The Balaban J connectivity index is 3.85. The van der Waals surface area contributed by atoms with E-state index in [0.29, 0.717) is 0 Å². The Labute approximate surface area is 180 Å². The van der Waals surface area contributed by atoms with Gasteiger partial charge in [-0.05, 0) is 31.1 Å². The van der Waals surface area contributed by atoms with E-state index >= 15 is 0 Å². The second kappa shape index (κ2) is 8.99. The van der Waals surface area contributed by atoms with E-state index in [0.717, 1.165) is 0 Å². The molecule has 3 nitrogen and oxygen atoms in total. The van der Waals surface area contributed by atoms with Gasteiger partial charge in [0.15, 0.2) is 0 Å². The van der Waals surface area contributed by atoms with Gasteiger partial charge in [-0.1, -0.05) is 20.3 Å². The molecule has 0 bridgehead atoms. The second-order valence-corrected chi connectivity index (χ2v) is 8.33. The predicted molar refractivity (Wildman–Crippen MR) is 87.4 cm³/mol. The zero-order valence-electron chi connectivity index (χ0n) is 17.4. The minimum atomic E-state index is -6.46. The van der Waals surface area contributed by atoms with Gasteiger partial charge in [-0.15, -0.1) is 0 Å². The molecule has 33 heavy (non-hydrogen) atoms. The molecule has 0 aliphatic heterocycles. The highest BCUT2D eigenvalue weighted by atomic mass is 19.4. The molecule has 0 aromatic carbocycles. The van der Waals surface area contributed by atoms with Crippen molar-refractivity contribution in [3.63, 3.8) is 0 Å². The first-order valence-electron chi connectivity index (χ1n) is 9.66. The molecule has 0 amide bonds. The number of carbonyl (C=O) groups is 1. The molecule has 4 unspecified atom stereocenters. The van der Waals surface area contributed by atoms with E-state index in [1.807, 2.05) is 0 Å². The summed E-state index contributed by atoms with van der Waals surface area (Å²) in [6.07, 6.45) is -30.1. The van der Waals surface area contributed by atoms with Crippen LogP contribution in [0.25, 0.3) is 0 Å². The number of ether oxygens (including phenoxy) is 1. The van der Waals surface area contributed by atoms with Crippen LogP contribution in [0.1, 0.15) is 46.5 Å². The Kier molecular flexibility index (Phi) is 8.07. The number of hydrogen-bond donors (Lipinski definition) is 1. The molecule has 0 radical (unpaired) electrons. The Hall–Kier alpha value is -1.41. The van der Waals surface area contributed by atoms with Gasteiger partial charge in [-0.2, -0.15) is 52.7 Å². The topological polar surface area (TPSA) is 46.5 Å². The summed E-state index contributed by atoms with van der Waals surface area (Å²) in [7, 11) is 0. The zero-order valence-corrected chi connectivity index (χ0v) is 17.4. The van der Waals surface area contributed by atoms with Gasteiger partial charge in [0, 0.05) is 18.8 Å². The van der Waals surface area contributed by atoms with E-state index in [4.69, 9.17) is 0 Å². The van der Waals surface area contributed by atoms with Crippen LogP contribution in [-0.2, 0) is 9.53 Å². The third kappa shape index (κ3) is 5.16. The average Bonchev–Trinajstić information content (AvgIpc) is 2.60. The lowest BCUT2D eigenvalue weighted by Gasteiger charge is -2.50. The van der Waals surface area contributed by atoms with Gasteiger partial charge >= 0.3 is 36.3 Å². The standard InChI is InChI=1S/C18H22F12O3/c1-4-8(2)10-5-11(13(32,15(19,20)21)16(22,23)24)7-12(6-10)14(17(25,26)27,18(28,29)30)33-9(3)31/h8,10-12,32H,4-7H2,1-3H3. The van der Waals surface area contributed by atoms with Gasteiger partial charge in [0.25, 0.3) is 5.60 Å². The molecule has 1 aliphatic rings. The minimum absolute atomic E-state index is 0.000821. The van der Waals surface area contributed by atoms with Crippen molar-refractivity contribution in [3.05, 3.63) is 0 Å². The van der Waals surface area contributed by atoms with Crippen LogP contribution in [0.2, 0.25) is 0 Å². The highest BCUT2D eigenvalue weighted by Crippen LogP contribution is 2.60. The van der Waals surface area contributed by atoms with E-state index in [-0.39, 0.29) is 13.3 Å². The molecule has 1 aliphatic carbocycles. The number of halogens is 12. The smallest absolute Gasteiger partial charge is 0.437 e. The van der Waals surface area contributed by atoms with Crippen molar-refractivity contribution in [2.45, 2.75) is 82.4 Å². The lowest BCUT2D eigenvalue weighted by molar-refractivity contribution is -0.405. The maximum atomic E-state index is 13.8. The maximum Gasteiger partial charge on any atom is 0.437 e. The van der Waals surface area contributed by atoms with Crippen LogP contribution in [0.15, 0.2) is 0 Å². The van der Waals surface area contributed by atoms with Crippen LogP contribution in [0.4, 0.5) is 52.7 Å². The van der Waals surface area contributed by atoms with Crippen molar-refractivity contribution >= 4 is 5.97 Å². The van der Waals surface area contributed by atoms with Gasteiger partial charge < -0.3 is 9.84 Å². The zero-order chi connectivity index (χ0) is 26.4. The molecular weight excluding hydrogens is 492 g/mol. The maximum absolute atomic E-state index is 13.8. The van der Waals surface area contributed by atoms with E-state index in [1.54, 1.807) is 0 Å². The molecule has 4 atom stereocenters. The fourth-order valence-electron chi connectivity index (χ4n) is 4.51. The fraction of sp³-hybridized carbons (Fsp3) is 0.944. The van der Waals surface area contributed by atoms with Crippen LogP contribution in [-0.4, -0.2) is 47.0 Å². The van der Waals surface area contributed by atoms with Crippen LogP contribution in [0.5, 0.6) is 0 Å². The first kappa shape index (κ1) is 29.6. The molecule has 0 saturated heterocycles.